The van der Waals surface area contributed by atoms with E-state index in [-0.39, 0.29) is 29.7 Å². The number of nitrogens with one attached hydrogen (secondary N) is 2. The number of aliphatic imine (C=N–C) groups is 1. The third kappa shape index (κ3) is 8.62. The number of aromatic hydroxyl groups is 1. The average Bonchev–Trinajstić information content (AvgIpc) is 2.61. The summed E-state index contributed by atoms with van der Waals surface area (Å²) < 4.78 is 5.66. The van der Waals surface area contributed by atoms with Crippen LogP contribution in [0.4, 0.5) is 0 Å². The maximum atomic E-state index is 9.29. The van der Waals surface area contributed by atoms with E-state index in [1.807, 2.05) is 49.4 Å². The van der Waals surface area contributed by atoms with E-state index in [0.29, 0.717) is 13.2 Å². The smallest absolute Gasteiger partial charge is 0.191 e. The molecular weight excluding hydrogens is 429 g/mol. The molecule has 0 saturated carbocycles. The van der Waals surface area contributed by atoms with Gasteiger partial charge in [0.1, 0.15) is 11.5 Å². The summed E-state index contributed by atoms with van der Waals surface area (Å²) in [6.07, 6.45) is 0.887. The number of hydrogen-bond acceptors (Lipinski definition) is 3. The number of phenolic OH excluding ortho intramolecular Hbond substituents is 1. The molecule has 2 aromatic carbocycles. The van der Waals surface area contributed by atoms with Crippen molar-refractivity contribution in [3.63, 3.8) is 0 Å². The Bertz CT molecular complexity index is 618. The molecule has 0 aromatic heterocycles. The van der Waals surface area contributed by atoms with Gasteiger partial charge in [0.2, 0.25) is 0 Å². The highest BCUT2D eigenvalue weighted by Gasteiger charge is 1.98. The average molecular weight is 455 g/mol. The van der Waals surface area contributed by atoms with E-state index < -0.39 is 0 Å². The third-order valence-electron chi connectivity index (χ3n) is 3.33. The van der Waals surface area contributed by atoms with E-state index in [9.17, 15) is 5.11 Å². The fraction of sp³-hybridized carbons (Fsp3) is 0.316. The lowest BCUT2D eigenvalue weighted by Crippen LogP contribution is -2.38. The number of rotatable bonds is 8. The van der Waals surface area contributed by atoms with Crippen molar-refractivity contribution in [2.75, 3.05) is 19.7 Å². The summed E-state index contributed by atoms with van der Waals surface area (Å²) in [4.78, 5) is 4.54. The van der Waals surface area contributed by atoms with Gasteiger partial charge in [-0.15, -0.1) is 24.0 Å². The molecule has 0 bridgehead atoms. The van der Waals surface area contributed by atoms with E-state index in [2.05, 4.69) is 15.6 Å². The molecule has 0 unspecified atom stereocenters. The van der Waals surface area contributed by atoms with E-state index >= 15 is 0 Å². The normalized spacial score (nSPS) is 10.7. The Labute approximate surface area is 166 Å². The first-order valence-corrected chi connectivity index (χ1v) is 8.26. The molecule has 0 heterocycles. The van der Waals surface area contributed by atoms with Gasteiger partial charge in [0.05, 0.1) is 13.2 Å². The summed E-state index contributed by atoms with van der Waals surface area (Å²) >= 11 is 0. The standard InChI is InChI=1S/C19H25N3O2.HI/c1-2-20-19(22-15-16-9-11-17(23)12-10-16)21-13-6-14-24-18-7-4-3-5-8-18;/h3-5,7-12,23H,2,6,13-15H2,1H3,(H2,20,21,22);1H. The third-order valence-corrected chi connectivity index (χ3v) is 3.33. The van der Waals surface area contributed by atoms with Crippen LogP contribution in [-0.2, 0) is 6.54 Å². The van der Waals surface area contributed by atoms with Crippen LogP contribution in [0.15, 0.2) is 59.6 Å². The van der Waals surface area contributed by atoms with Crippen LogP contribution in [-0.4, -0.2) is 30.8 Å². The molecule has 5 nitrogen and oxygen atoms in total. The number of guanidine groups is 1. The van der Waals surface area contributed by atoms with Gasteiger partial charge in [-0.3, -0.25) is 0 Å². The summed E-state index contributed by atoms with van der Waals surface area (Å²) in [6, 6.07) is 16.9. The van der Waals surface area contributed by atoms with Gasteiger partial charge in [-0.2, -0.15) is 0 Å². The molecule has 136 valence electrons. The van der Waals surface area contributed by atoms with Crippen LogP contribution in [0.5, 0.6) is 11.5 Å². The number of phenols is 1. The van der Waals surface area contributed by atoms with Crippen molar-refractivity contribution in [3.8, 4) is 11.5 Å². The molecule has 0 saturated heterocycles. The zero-order valence-electron chi connectivity index (χ0n) is 14.4. The van der Waals surface area contributed by atoms with Crippen molar-refractivity contribution in [2.24, 2.45) is 4.99 Å². The minimum Gasteiger partial charge on any atom is -0.508 e. The molecule has 0 aliphatic rings. The van der Waals surface area contributed by atoms with Gasteiger partial charge in [0.25, 0.3) is 0 Å². The second-order valence-electron chi connectivity index (χ2n) is 5.30. The molecule has 2 aromatic rings. The summed E-state index contributed by atoms with van der Waals surface area (Å²) in [5, 5.41) is 15.8. The lowest BCUT2D eigenvalue weighted by atomic mass is 10.2. The molecule has 0 spiro atoms. The number of benzene rings is 2. The minimum atomic E-state index is 0. The van der Waals surface area contributed by atoms with Gasteiger partial charge in [0, 0.05) is 13.1 Å². The van der Waals surface area contributed by atoms with Crippen molar-refractivity contribution >= 4 is 29.9 Å². The molecule has 25 heavy (non-hydrogen) atoms. The first-order chi connectivity index (χ1) is 11.8. The summed E-state index contributed by atoms with van der Waals surface area (Å²) in [5.41, 5.74) is 1.05. The SMILES string of the molecule is CCNC(=NCc1ccc(O)cc1)NCCCOc1ccccc1.I. The first-order valence-electron chi connectivity index (χ1n) is 8.26. The predicted molar refractivity (Wildman–Crippen MR) is 113 cm³/mol. The number of ether oxygens (including phenoxy) is 1. The van der Waals surface area contributed by atoms with E-state index in [4.69, 9.17) is 4.74 Å². The number of nitrogens with zero attached hydrogens (tertiary/aromatic N) is 1. The second-order valence-corrected chi connectivity index (χ2v) is 5.30. The van der Waals surface area contributed by atoms with Crippen LogP contribution >= 0.6 is 24.0 Å². The topological polar surface area (TPSA) is 65.9 Å². The van der Waals surface area contributed by atoms with E-state index in [1.54, 1.807) is 12.1 Å². The highest BCUT2D eigenvalue weighted by atomic mass is 127. The molecule has 2 rings (SSSR count). The van der Waals surface area contributed by atoms with Crippen molar-refractivity contribution in [1.82, 2.24) is 10.6 Å². The molecule has 0 aliphatic carbocycles. The minimum absolute atomic E-state index is 0. The number of para-hydroxylation sites is 1. The van der Waals surface area contributed by atoms with Gasteiger partial charge >= 0.3 is 0 Å². The molecule has 3 N–H and O–H groups in total. The van der Waals surface area contributed by atoms with E-state index in [1.165, 1.54) is 0 Å². The Morgan fingerprint density at radius 2 is 1.76 bits per heavy atom. The first kappa shape index (κ1) is 21.1. The van der Waals surface area contributed by atoms with Crippen LogP contribution in [0.25, 0.3) is 0 Å². The Morgan fingerprint density at radius 1 is 1.04 bits per heavy atom. The molecule has 0 aliphatic heterocycles. The van der Waals surface area contributed by atoms with Crippen molar-refractivity contribution < 1.29 is 9.84 Å². The highest BCUT2D eigenvalue weighted by Crippen LogP contribution is 2.10. The zero-order chi connectivity index (χ0) is 17.0. The fourth-order valence-electron chi connectivity index (χ4n) is 2.10. The molecule has 0 fully saturated rings. The quantitative estimate of drug-likeness (QED) is 0.247. The maximum absolute atomic E-state index is 9.29. The lowest BCUT2D eigenvalue weighted by molar-refractivity contribution is 0.311. The summed E-state index contributed by atoms with van der Waals surface area (Å²) in [7, 11) is 0. The molecule has 0 radical (unpaired) electrons. The van der Waals surface area contributed by atoms with Crippen LogP contribution < -0.4 is 15.4 Å². The largest absolute Gasteiger partial charge is 0.508 e. The monoisotopic (exact) mass is 455 g/mol. The van der Waals surface area contributed by atoms with Crippen LogP contribution in [0.2, 0.25) is 0 Å². The van der Waals surface area contributed by atoms with Crippen LogP contribution in [0.1, 0.15) is 18.9 Å². The van der Waals surface area contributed by atoms with Crippen LogP contribution in [0, 0.1) is 0 Å². The van der Waals surface area contributed by atoms with Crippen molar-refractivity contribution in [1.29, 1.82) is 0 Å². The molecule has 0 amide bonds. The zero-order valence-corrected chi connectivity index (χ0v) is 16.8. The Balaban J connectivity index is 0.00000312. The van der Waals surface area contributed by atoms with Crippen molar-refractivity contribution in [2.45, 2.75) is 19.9 Å². The van der Waals surface area contributed by atoms with Gasteiger partial charge in [-0.1, -0.05) is 30.3 Å². The maximum Gasteiger partial charge on any atom is 0.191 e. The van der Waals surface area contributed by atoms with Gasteiger partial charge in [0.15, 0.2) is 5.96 Å². The lowest BCUT2D eigenvalue weighted by Gasteiger charge is -2.12. The molecular formula is C19H26IN3O2. The summed E-state index contributed by atoms with van der Waals surface area (Å²) in [5.74, 6) is 1.95. The predicted octanol–water partition coefficient (Wildman–Crippen LogP) is 3.53. The van der Waals surface area contributed by atoms with Crippen LogP contribution in [0.3, 0.4) is 0 Å². The Kier molecular flexibility index (Phi) is 10.5. The fourth-order valence-corrected chi connectivity index (χ4v) is 2.10. The molecule has 0 atom stereocenters. The van der Waals surface area contributed by atoms with E-state index in [0.717, 1.165) is 36.8 Å². The van der Waals surface area contributed by atoms with Gasteiger partial charge in [-0.25, -0.2) is 4.99 Å². The van der Waals surface area contributed by atoms with Gasteiger partial charge in [-0.05, 0) is 43.2 Å². The Morgan fingerprint density at radius 3 is 2.44 bits per heavy atom. The second kappa shape index (κ2) is 12.4. The Hall–Kier alpha value is -1.96. The van der Waals surface area contributed by atoms with Gasteiger partial charge < -0.3 is 20.5 Å². The number of halogens is 1. The summed E-state index contributed by atoms with van der Waals surface area (Å²) in [6.45, 7) is 4.86. The highest BCUT2D eigenvalue weighted by molar-refractivity contribution is 14.0. The van der Waals surface area contributed by atoms with Crippen molar-refractivity contribution in [3.05, 3.63) is 60.2 Å². The molecule has 6 heteroatoms. The number of hydrogen-bond donors (Lipinski definition) is 3.